The Labute approximate surface area is 493 Å². The second-order valence-electron chi connectivity index (χ2n) is 24.2. The van der Waals surface area contributed by atoms with E-state index in [4.69, 9.17) is 14.2 Å². The van der Waals surface area contributed by atoms with E-state index in [0.29, 0.717) is 19.3 Å². The quantitative estimate of drug-likeness (QED) is 0.0261. The summed E-state index contributed by atoms with van der Waals surface area (Å²) >= 11 is 0. The van der Waals surface area contributed by atoms with Gasteiger partial charge in [-0.2, -0.15) is 0 Å². The van der Waals surface area contributed by atoms with Gasteiger partial charge in [-0.3, -0.25) is 14.4 Å². The molecule has 0 aromatic heterocycles. The summed E-state index contributed by atoms with van der Waals surface area (Å²) in [6.45, 7) is 6.68. The van der Waals surface area contributed by atoms with E-state index < -0.39 is 6.10 Å². The molecule has 0 spiro atoms. The van der Waals surface area contributed by atoms with Crippen LogP contribution in [0.15, 0.2) is 36.5 Å². The summed E-state index contributed by atoms with van der Waals surface area (Å²) in [6.07, 6.45) is 84.8. The van der Waals surface area contributed by atoms with Crippen LogP contribution >= 0.6 is 0 Å². The standard InChI is InChI=1S/C73H136O6/c1-4-7-10-13-16-19-21-23-25-27-29-31-33-34-35-36-37-38-40-41-43-45-47-49-51-54-57-60-63-66-72(75)78-69-70(68-77-71(74)65-62-59-56-53-18-15-12-9-6-3)79-73(76)67-64-61-58-55-52-50-48-46-44-42-39-32-30-28-26-24-22-20-17-14-11-8-5-2/h21,23,27,29,33-34,70H,4-20,22,24-26,28,30-32,35-69H2,1-3H3/b23-21-,29-27-,34-33-. The van der Waals surface area contributed by atoms with Crippen LogP contribution in [0.25, 0.3) is 0 Å². The highest BCUT2D eigenvalue weighted by Crippen LogP contribution is 2.19. The molecule has 6 heteroatoms. The molecule has 6 nitrogen and oxygen atoms in total. The molecule has 0 saturated carbocycles. The minimum atomic E-state index is -0.768. The van der Waals surface area contributed by atoms with Crippen molar-refractivity contribution in [2.24, 2.45) is 0 Å². The fourth-order valence-electron chi connectivity index (χ4n) is 10.8. The summed E-state index contributed by atoms with van der Waals surface area (Å²) in [5.41, 5.74) is 0. The van der Waals surface area contributed by atoms with Crippen molar-refractivity contribution < 1.29 is 28.6 Å². The van der Waals surface area contributed by atoms with Crippen LogP contribution in [0.5, 0.6) is 0 Å². The number of hydrogen-bond acceptors (Lipinski definition) is 6. The number of allylic oxidation sites excluding steroid dienone is 6. The third kappa shape index (κ3) is 66.3. The second kappa shape index (κ2) is 68.1. The van der Waals surface area contributed by atoms with Crippen LogP contribution in [0.3, 0.4) is 0 Å². The van der Waals surface area contributed by atoms with Crippen LogP contribution in [0.4, 0.5) is 0 Å². The molecule has 0 bridgehead atoms. The molecule has 0 aliphatic rings. The lowest BCUT2D eigenvalue weighted by atomic mass is 10.0. The number of hydrogen-bond donors (Lipinski definition) is 0. The largest absolute Gasteiger partial charge is 0.462 e. The van der Waals surface area contributed by atoms with Crippen LogP contribution in [0.1, 0.15) is 393 Å². The predicted molar refractivity (Wildman–Crippen MR) is 344 cm³/mol. The molecule has 0 aromatic carbocycles. The van der Waals surface area contributed by atoms with Crippen molar-refractivity contribution in [1.29, 1.82) is 0 Å². The molecule has 0 amide bonds. The topological polar surface area (TPSA) is 78.9 Å². The molecule has 0 radical (unpaired) electrons. The molecule has 0 aromatic rings. The smallest absolute Gasteiger partial charge is 0.306 e. The Balaban J connectivity index is 4.10. The lowest BCUT2D eigenvalue weighted by Gasteiger charge is -2.18. The van der Waals surface area contributed by atoms with Crippen LogP contribution in [0, 0.1) is 0 Å². The van der Waals surface area contributed by atoms with Crippen LogP contribution < -0.4 is 0 Å². The highest BCUT2D eigenvalue weighted by atomic mass is 16.6. The van der Waals surface area contributed by atoms with Crippen LogP contribution in [-0.2, 0) is 28.6 Å². The Hall–Kier alpha value is -2.37. The minimum Gasteiger partial charge on any atom is -0.462 e. The first-order chi connectivity index (χ1) is 39.0. The number of carbonyl (C=O) groups excluding carboxylic acids is 3. The van der Waals surface area contributed by atoms with Gasteiger partial charge in [-0.1, -0.05) is 353 Å². The first-order valence-electron chi connectivity index (χ1n) is 35.5. The van der Waals surface area contributed by atoms with Crippen LogP contribution in [0.2, 0.25) is 0 Å². The Morgan fingerprint density at radius 3 is 0.709 bits per heavy atom. The zero-order chi connectivity index (χ0) is 57.1. The summed E-state index contributed by atoms with van der Waals surface area (Å²) in [4.78, 5) is 38.3. The molecule has 1 atom stereocenters. The van der Waals surface area contributed by atoms with Crippen molar-refractivity contribution in [3.05, 3.63) is 36.5 Å². The summed E-state index contributed by atoms with van der Waals surface area (Å²) in [7, 11) is 0. The fourth-order valence-corrected chi connectivity index (χ4v) is 10.8. The second-order valence-corrected chi connectivity index (χ2v) is 24.2. The molecule has 0 aliphatic heterocycles. The molecule has 0 saturated heterocycles. The SMILES string of the molecule is CCCCCCC/C=C\C/C=C\C/C=C\CCCCCCCCCCCCCCCCC(=O)OCC(COC(=O)CCCCCCCCCCC)OC(=O)CCCCCCCCCCCCCCCCCCCCCCCCC. The molecule has 0 heterocycles. The van der Waals surface area contributed by atoms with Crippen molar-refractivity contribution in [2.75, 3.05) is 13.2 Å². The van der Waals surface area contributed by atoms with E-state index in [2.05, 4.69) is 57.2 Å². The average molecular weight is 1110 g/mol. The molecule has 0 aliphatic carbocycles. The van der Waals surface area contributed by atoms with E-state index >= 15 is 0 Å². The lowest BCUT2D eigenvalue weighted by molar-refractivity contribution is -0.167. The Morgan fingerprint density at radius 1 is 0.253 bits per heavy atom. The molecule has 464 valence electrons. The number of carbonyl (C=O) groups is 3. The van der Waals surface area contributed by atoms with Crippen molar-refractivity contribution >= 4 is 17.9 Å². The maximum absolute atomic E-state index is 12.9. The van der Waals surface area contributed by atoms with E-state index in [1.54, 1.807) is 0 Å². The van der Waals surface area contributed by atoms with Gasteiger partial charge in [0.2, 0.25) is 0 Å². The minimum absolute atomic E-state index is 0.0660. The summed E-state index contributed by atoms with van der Waals surface area (Å²) < 4.78 is 16.9. The van der Waals surface area contributed by atoms with Gasteiger partial charge in [-0.15, -0.1) is 0 Å². The fraction of sp³-hybridized carbons (Fsp3) is 0.877. The Bertz CT molecular complexity index is 1320. The van der Waals surface area contributed by atoms with Crippen LogP contribution in [-0.4, -0.2) is 37.2 Å². The van der Waals surface area contributed by atoms with E-state index in [1.165, 1.54) is 283 Å². The van der Waals surface area contributed by atoms with Gasteiger partial charge < -0.3 is 14.2 Å². The van der Waals surface area contributed by atoms with E-state index in [0.717, 1.165) is 70.6 Å². The molecular formula is C73H136O6. The van der Waals surface area contributed by atoms with Gasteiger partial charge >= 0.3 is 17.9 Å². The first-order valence-corrected chi connectivity index (χ1v) is 35.5. The highest BCUT2D eigenvalue weighted by Gasteiger charge is 2.19. The van der Waals surface area contributed by atoms with Gasteiger partial charge in [0.1, 0.15) is 13.2 Å². The van der Waals surface area contributed by atoms with E-state index in [-0.39, 0.29) is 31.1 Å². The van der Waals surface area contributed by atoms with Crippen molar-refractivity contribution in [2.45, 2.75) is 399 Å². The molecule has 0 fully saturated rings. The van der Waals surface area contributed by atoms with E-state index in [1.807, 2.05) is 0 Å². The zero-order valence-electron chi connectivity index (χ0n) is 53.4. The summed E-state index contributed by atoms with van der Waals surface area (Å²) in [6, 6.07) is 0. The zero-order valence-corrected chi connectivity index (χ0v) is 53.4. The average Bonchev–Trinajstić information content (AvgIpc) is 3.45. The normalized spacial score (nSPS) is 12.2. The molecule has 1 unspecified atom stereocenters. The van der Waals surface area contributed by atoms with Gasteiger partial charge in [0, 0.05) is 19.3 Å². The van der Waals surface area contributed by atoms with Crippen molar-refractivity contribution in [3.63, 3.8) is 0 Å². The monoisotopic (exact) mass is 1110 g/mol. The van der Waals surface area contributed by atoms with Gasteiger partial charge in [-0.25, -0.2) is 0 Å². The third-order valence-electron chi connectivity index (χ3n) is 16.1. The summed E-state index contributed by atoms with van der Waals surface area (Å²) in [5.74, 6) is -0.841. The molecule has 79 heavy (non-hydrogen) atoms. The van der Waals surface area contributed by atoms with Gasteiger partial charge in [-0.05, 0) is 57.8 Å². The van der Waals surface area contributed by atoms with Gasteiger partial charge in [0.15, 0.2) is 6.10 Å². The highest BCUT2D eigenvalue weighted by molar-refractivity contribution is 5.71. The lowest BCUT2D eigenvalue weighted by Crippen LogP contribution is -2.30. The number of esters is 3. The van der Waals surface area contributed by atoms with Gasteiger partial charge in [0.25, 0.3) is 0 Å². The van der Waals surface area contributed by atoms with Crippen molar-refractivity contribution in [3.8, 4) is 0 Å². The molecule has 0 N–H and O–H groups in total. The summed E-state index contributed by atoms with van der Waals surface area (Å²) in [5, 5.41) is 0. The third-order valence-corrected chi connectivity index (χ3v) is 16.1. The van der Waals surface area contributed by atoms with E-state index in [9.17, 15) is 14.4 Å². The molecular weight excluding hydrogens is 973 g/mol. The predicted octanol–water partition coefficient (Wildman–Crippen LogP) is 24.3. The number of unbranched alkanes of at least 4 members (excludes halogenated alkanes) is 49. The first kappa shape index (κ1) is 76.6. The molecule has 0 rings (SSSR count). The Morgan fingerprint density at radius 2 is 0.456 bits per heavy atom. The van der Waals surface area contributed by atoms with Gasteiger partial charge in [0.05, 0.1) is 0 Å². The number of rotatable bonds is 66. The van der Waals surface area contributed by atoms with Crippen molar-refractivity contribution in [1.82, 2.24) is 0 Å². The Kier molecular flexibility index (Phi) is 66.1. The maximum Gasteiger partial charge on any atom is 0.306 e. The maximum atomic E-state index is 12.9. The number of ether oxygens (including phenoxy) is 3.